The summed E-state index contributed by atoms with van der Waals surface area (Å²) in [7, 11) is 0. The van der Waals surface area contributed by atoms with Gasteiger partial charge in [0, 0.05) is 6.20 Å². The third kappa shape index (κ3) is 4.21. The smallest absolute Gasteiger partial charge is 0.873 e. The number of hydrogen-bond donors (Lipinski definition) is 3. The van der Waals surface area contributed by atoms with E-state index < -0.39 is 18.1 Å². The molecule has 0 saturated heterocycles. The SMILES string of the molecule is [Li+].[Li+].[O-]c1cccnc1[B-](O)(O)O. The van der Waals surface area contributed by atoms with Crippen molar-refractivity contribution in [1.82, 2.24) is 4.98 Å². The Morgan fingerprint density at radius 2 is 1.77 bits per heavy atom. The Morgan fingerprint density at radius 3 is 2.08 bits per heavy atom. The van der Waals surface area contributed by atoms with E-state index in [0.717, 1.165) is 6.07 Å². The van der Waals surface area contributed by atoms with E-state index in [-0.39, 0.29) is 37.7 Å². The first-order valence-electron chi connectivity index (χ1n) is 2.95. The Morgan fingerprint density at radius 1 is 1.23 bits per heavy atom. The molecule has 1 aromatic rings. The standard InChI is InChI=1S/C5H7BNO4.2Li/c8-4-2-1-3-7-5(4)6(9,10)11;;/h1-3,8-11H;;/q-1;2*+1/p-1. The van der Waals surface area contributed by atoms with Crippen LogP contribution in [0.15, 0.2) is 18.3 Å². The number of hydrogen-bond acceptors (Lipinski definition) is 5. The second-order valence-electron chi connectivity index (χ2n) is 2.12. The van der Waals surface area contributed by atoms with Crippen LogP contribution in [0.2, 0.25) is 0 Å². The molecule has 0 atom stereocenters. The van der Waals surface area contributed by atoms with Crippen molar-refractivity contribution in [2.75, 3.05) is 0 Å². The Kier molecular flexibility index (Phi) is 6.87. The number of rotatable bonds is 1. The largest absolute Gasteiger partial charge is 1.00 e. The van der Waals surface area contributed by atoms with Gasteiger partial charge in [-0.1, -0.05) is 6.07 Å². The predicted molar refractivity (Wildman–Crippen MR) is 35.7 cm³/mol. The van der Waals surface area contributed by atoms with E-state index in [1.165, 1.54) is 12.3 Å². The van der Waals surface area contributed by atoms with E-state index in [0.29, 0.717) is 0 Å². The zero-order valence-corrected chi connectivity index (χ0v) is 7.51. The van der Waals surface area contributed by atoms with E-state index in [2.05, 4.69) is 4.98 Å². The first-order valence-corrected chi connectivity index (χ1v) is 2.95. The van der Waals surface area contributed by atoms with Crippen LogP contribution in [0.5, 0.6) is 5.75 Å². The minimum Gasteiger partial charge on any atom is -0.873 e. The molecule has 0 spiro atoms. The van der Waals surface area contributed by atoms with Crippen molar-refractivity contribution in [3.63, 3.8) is 0 Å². The summed E-state index contributed by atoms with van der Waals surface area (Å²) >= 11 is 0. The van der Waals surface area contributed by atoms with Gasteiger partial charge in [-0.25, -0.2) is 0 Å². The fraction of sp³-hybridized carbons (Fsp3) is 0. The Bertz CT molecular complexity index is 267. The minimum atomic E-state index is -3.75. The summed E-state index contributed by atoms with van der Waals surface area (Å²) in [5.74, 6) is -0.694. The Labute approximate surface area is 99.2 Å². The topological polar surface area (TPSA) is 96.6 Å². The molecule has 1 aromatic heterocycles. The molecule has 5 nitrogen and oxygen atoms in total. The van der Waals surface area contributed by atoms with Gasteiger partial charge in [-0.3, -0.25) is 4.98 Å². The molecule has 0 saturated carbocycles. The van der Waals surface area contributed by atoms with Gasteiger partial charge in [0.15, 0.2) is 0 Å². The van der Waals surface area contributed by atoms with Crippen molar-refractivity contribution in [2.24, 2.45) is 0 Å². The molecule has 0 unspecified atom stereocenters. The molecule has 1 heterocycles. The van der Waals surface area contributed by atoms with Crippen LogP contribution >= 0.6 is 0 Å². The summed E-state index contributed by atoms with van der Waals surface area (Å²) in [5, 5.41) is 36.5. The number of aromatic nitrogens is 1. The van der Waals surface area contributed by atoms with Gasteiger partial charge in [0.25, 0.3) is 0 Å². The van der Waals surface area contributed by atoms with E-state index >= 15 is 0 Å². The monoisotopic (exact) mass is 169 g/mol. The van der Waals surface area contributed by atoms with Crippen molar-refractivity contribution >= 4 is 12.3 Å². The molecule has 3 N–H and O–H groups in total. The van der Waals surface area contributed by atoms with Crippen LogP contribution in [0.25, 0.3) is 0 Å². The molecule has 0 fully saturated rings. The molecule has 0 aromatic carbocycles. The van der Waals surface area contributed by atoms with Crippen LogP contribution in [0.4, 0.5) is 0 Å². The zero-order chi connectivity index (χ0) is 8.48. The van der Waals surface area contributed by atoms with Crippen LogP contribution in [-0.4, -0.2) is 26.8 Å². The second-order valence-corrected chi connectivity index (χ2v) is 2.12. The van der Waals surface area contributed by atoms with Gasteiger partial charge >= 0.3 is 44.5 Å². The van der Waals surface area contributed by atoms with Crippen LogP contribution in [0.3, 0.4) is 0 Å². The average Bonchev–Trinajstić information content (AvgIpc) is 1.86. The summed E-state index contributed by atoms with van der Waals surface area (Å²) < 4.78 is 0. The van der Waals surface area contributed by atoms with Gasteiger partial charge in [0.1, 0.15) is 0 Å². The maximum atomic E-state index is 10.7. The number of pyridine rings is 1. The van der Waals surface area contributed by atoms with Gasteiger partial charge in [0.2, 0.25) is 0 Å². The fourth-order valence-electron chi connectivity index (χ4n) is 0.694. The van der Waals surface area contributed by atoms with Crippen molar-refractivity contribution in [2.45, 2.75) is 0 Å². The second kappa shape index (κ2) is 5.74. The number of nitrogens with zero attached hydrogens (tertiary/aromatic N) is 1. The van der Waals surface area contributed by atoms with Gasteiger partial charge in [-0.2, -0.15) is 0 Å². The molecule has 0 bridgehead atoms. The molecule has 0 amide bonds. The predicted octanol–water partition coefficient (Wildman–Crippen LogP) is -8.71. The molecular formula is C5H6BLi2NO4. The molecule has 8 heteroatoms. The van der Waals surface area contributed by atoms with Crippen LogP contribution < -0.4 is 48.4 Å². The van der Waals surface area contributed by atoms with E-state index in [1.54, 1.807) is 0 Å². The van der Waals surface area contributed by atoms with Crippen molar-refractivity contribution in [1.29, 1.82) is 0 Å². The van der Waals surface area contributed by atoms with Crippen LogP contribution in [0, 0.1) is 0 Å². The maximum absolute atomic E-state index is 10.7. The normalized spacial score (nSPS) is 9.77. The first-order chi connectivity index (χ1) is 5.02. The molecule has 1 rings (SSSR count). The van der Waals surface area contributed by atoms with E-state index in [4.69, 9.17) is 15.1 Å². The molecule has 60 valence electrons. The molecular weight excluding hydrogens is 163 g/mol. The van der Waals surface area contributed by atoms with E-state index in [1.807, 2.05) is 0 Å². The molecule has 0 aliphatic carbocycles. The maximum Gasteiger partial charge on any atom is 1.00 e. The Balaban J connectivity index is 0. The van der Waals surface area contributed by atoms with Crippen LogP contribution in [-0.2, 0) is 0 Å². The van der Waals surface area contributed by atoms with Gasteiger partial charge in [0.05, 0.1) is 0 Å². The summed E-state index contributed by atoms with van der Waals surface area (Å²) in [6.45, 7) is -3.75. The Hall–Kier alpha value is 0.0897. The van der Waals surface area contributed by atoms with Crippen LogP contribution in [0.1, 0.15) is 0 Å². The average molecular weight is 169 g/mol. The molecule has 0 radical (unpaired) electrons. The van der Waals surface area contributed by atoms with Gasteiger partial charge in [-0.15, -0.1) is 5.75 Å². The molecule has 0 aliphatic heterocycles. The van der Waals surface area contributed by atoms with Gasteiger partial charge < -0.3 is 20.2 Å². The summed E-state index contributed by atoms with van der Waals surface area (Å²) in [5.41, 5.74) is -0.632. The third-order valence-corrected chi connectivity index (χ3v) is 1.17. The summed E-state index contributed by atoms with van der Waals surface area (Å²) in [6.07, 6.45) is 1.19. The fourth-order valence-corrected chi connectivity index (χ4v) is 0.694. The third-order valence-electron chi connectivity index (χ3n) is 1.17. The quantitative estimate of drug-likeness (QED) is 0.362. The first kappa shape index (κ1) is 15.6. The minimum absolute atomic E-state index is 0. The summed E-state index contributed by atoms with van der Waals surface area (Å²) in [4.78, 5) is 3.31. The van der Waals surface area contributed by atoms with Crippen molar-refractivity contribution in [3.05, 3.63) is 18.3 Å². The van der Waals surface area contributed by atoms with Gasteiger partial charge in [-0.05, 0) is 11.7 Å². The summed E-state index contributed by atoms with van der Waals surface area (Å²) in [6, 6.07) is 2.43. The van der Waals surface area contributed by atoms with E-state index in [9.17, 15) is 5.11 Å². The molecule has 0 aliphatic rings. The molecule has 13 heavy (non-hydrogen) atoms. The zero-order valence-electron chi connectivity index (χ0n) is 7.51. The van der Waals surface area contributed by atoms with Crippen molar-refractivity contribution in [3.8, 4) is 5.75 Å². The van der Waals surface area contributed by atoms with Crippen molar-refractivity contribution < 1.29 is 57.9 Å².